The molecule has 1 aliphatic rings. The average Bonchev–Trinajstić information content (AvgIpc) is 2.35. The van der Waals surface area contributed by atoms with Crippen LogP contribution in [-0.4, -0.2) is 55.7 Å². The van der Waals surface area contributed by atoms with Crippen LogP contribution in [0.4, 0.5) is 4.79 Å². The number of hydrogen-bond donors (Lipinski definition) is 1. The topological polar surface area (TPSA) is 58.8 Å². The van der Waals surface area contributed by atoms with Crippen molar-refractivity contribution in [3.05, 3.63) is 35.6 Å². The number of piperazine rings is 1. The monoisotopic (exact) mass is 279 g/mol. The number of likely N-dealkylation sites (N-methyl/N-ethyl adjacent to an activating group) is 1. The Morgan fingerprint density at radius 2 is 1.85 bits per heavy atom. The van der Waals surface area contributed by atoms with Crippen molar-refractivity contribution in [2.45, 2.75) is 13.8 Å². The third-order valence-electron chi connectivity index (χ3n) is 2.97. The smallest absolute Gasteiger partial charge is 0.410 e. The highest BCUT2D eigenvalue weighted by Crippen LogP contribution is 2.07. The van der Waals surface area contributed by atoms with Crippen molar-refractivity contribution in [1.82, 2.24) is 9.80 Å². The van der Waals surface area contributed by atoms with Gasteiger partial charge in [-0.25, -0.2) is 4.79 Å². The SMILES string of the molecule is C=C(C)/C=C(\C=C(\C)N)COC(=O)N1CCN(C)CC1. The van der Waals surface area contributed by atoms with E-state index in [0.717, 1.165) is 24.2 Å². The van der Waals surface area contributed by atoms with Crippen LogP contribution in [0.3, 0.4) is 0 Å². The number of allylic oxidation sites excluding steroid dienone is 3. The van der Waals surface area contributed by atoms with Gasteiger partial charge in [0, 0.05) is 31.9 Å². The average molecular weight is 279 g/mol. The van der Waals surface area contributed by atoms with Crippen molar-refractivity contribution in [3.63, 3.8) is 0 Å². The van der Waals surface area contributed by atoms with Gasteiger partial charge in [0.05, 0.1) is 0 Å². The molecular weight excluding hydrogens is 254 g/mol. The first kappa shape index (κ1) is 16.3. The van der Waals surface area contributed by atoms with Crippen molar-refractivity contribution < 1.29 is 9.53 Å². The summed E-state index contributed by atoms with van der Waals surface area (Å²) >= 11 is 0. The van der Waals surface area contributed by atoms with Crippen molar-refractivity contribution in [2.24, 2.45) is 5.73 Å². The van der Waals surface area contributed by atoms with Crippen LogP contribution in [0.5, 0.6) is 0 Å². The van der Waals surface area contributed by atoms with Gasteiger partial charge in [-0.1, -0.05) is 18.2 Å². The molecule has 1 fully saturated rings. The number of ether oxygens (including phenoxy) is 1. The minimum absolute atomic E-state index is 0.215. The molecule has 2 N–H and O–H groups in total. The maximum atomic E-state index is 12.0. The Labute approximate surface area is 121 Å². The fraction of sp³-hybridized carbons (Fsp3) is 0.533. The molecule has 0 aliphatic carbocycles. The third-order valence-corrected chi connectivity index (χ3v) is 2.97. The van der Waals surface area contributed by atoms with E-state index in [9.17, 15) is 4.79 Å². The summed E-state index contributed by atoms with van der Waals surface area (Å²) in [6.07, 6.45) is 3.40. The quantitative estimate of drug-likeness (QED) is 0.796. The third kappa shape index (κ3) is 5.93. The molecule has 112 valence electrons. The summed E-state index contributed by atoms with van der Waals surface area (Å²) in [5, 5.41) is 0. The summed E-state index contributed by atoms with van der Waals surface area (Å²) in [6.45, 7) is 10.9. The summed E-state index contributed by atoms with van der Waals surface area (Å²) in [5.74, 6) is 0. The molecule has 0 aromatic heterocycles. The molecule has 1 heterocycles. The molecule has 0 spiro atoms. The maximum absolute atomic E-state index is 12.0. The van der Waals surface area contributed by atoms with E-state index in [0.29, 0.717) is 18.8 Å². The fourth-order valence-electron chi connectivity index (χ4n) is 1.96. The molecule has 1 saturated heterocycles. The summed E-state index contributed by atoms with van der Waals surface area (Å²) in [7, 11) is 2.05. The van der Waals surface area contributed by atoms with Gasteiger partial charge in [-0.15, -0.1) is 0 Å². The molecule has 1 rings (SSSR count). The van der Waals surface area contributed by atoms with Gasteiger partial charge < -0.3 is 20.3 Å². The molecule has 5 heteroatoms. The van der Waals surface area contributed by atoms with Gasteiger partial charge in [-0.2, -0.15) is 0 Å². The number of amides is 1. The Balaban J connectivity index is 2.53. The zero-order chi connectivity index (χ0) is 15.1. The lowest BCUT2D eigenvalue weighted by atomic mass is 10.1. The number of nitrogens with two attached hydrogens (primary N) is 1. The number of rotatable bonds is 4. The van der Waals surface area contributed by atoms with Gasteiger partial charge in [0.25, 0.3) is 0 Å². The lowest BCUT2D eigenvalue weighted by Gasteiger charge is -2.31. The van der Waals surface area contributed by atoms with Crippen LogP contribution in [-0.2, 0) is 4.74 Å². The van der Waals surface area contributed by atoms with Crippen molar-refractivity contribution in [2.75, 3.05) is 39.8 Å². The van der Waals surface area contributed by atoms with E-state index in [1.807, 2.05) is 20.0 Å². The minimum Gasteiger partial charge on any atom is -0.445 e. The Hall–Kier alpha value is -1.75. The van der Waals surface area contributed by atoms with Gasteiger partial charge in [0.15, 0.2) is 0 Å². The largest absolute Gasteiger partial charge is 0.445 e. The molecule has 1 amide bonds. The summed E-state index contributed by atoms with van der Waals surface area (Å²) in [5.41, 5.74) is 8.09. The highest BCUT2D eigenvalue weighted by molar-refractivity contribution is 5.68. The highest BCUT2D eigenvalue weighted by atomic mass is 16.6. The van der Waals surface area contributed by atoms with E-state index >= 15 is 0 Å². The van der Waals surface area contributed by atoms with Crippen LogP contribution in [0.15, 0.2) is 35.6 Å². The standard InChI is InChI=1S/C15H25N3O2/c1-12(2)9-14(10-13(3)16)11-20-15(19)18-7-5-17(4)6-8-18/h9-10H,1,5-8,11,16H2,2-4H3/b13-10-,14-9+. The zero-order valence-electron chi connectivity index (χ0n) is 12.7. The van der Waals surface area contributed by atoms with Gasteiger partial charge in [0.2, 0.25) is 0 Å². The van der Waals surface area contributed by atoms with Crippen LogP contribution in [0, 0.1) is 0 Å². The van der Waals surface area contributed by atoms with E-state index < -0.39 is 0 Å². The first-order valence-corrected chi connectivity index (χ1v) is 6.78. The second kappa shape index (κ2) is 7.75. The molecule has 5 nitrogen and oxygen atoms in total. The first-order chi connectivity index (χ1) is 9.38. The van der Waals surface area contributed by atoms with Gasteiger partial charge in [-0.3, -0.25) is 0 Å². The Morgan fingerprint density at radius 3 is 2.35 bits per heavy atom. The number of carbonyl (C=O) groups excluding carboxylic acids is 1. The number of hydrogen-bond acceptors (Lipinski definition) is 4. The minimum atomic E-state index is -0.270. The fourth-order valence-corrected chi connectivity index (χ4v) is 1.96. The highest BCUT2D eigenvalue weighted by Gasteiger charge is 2.20. The van der Waals surface area contributed by atoms with Crippen LogP contribution in [0.2, 0.25) is 0 Å². The Morgan fingerprint density at radius 1 is 1.25 bits per heavy atom. The predicted octanol–water partition coefficient (Wildman–Crippen LogP) is 1.74. The van der Waals surface area contributed by atoms with E-state index in [1.165, 1.54) is 0 Å². The molecule has 1 aliphatic heterocycles. The molecule has 0 aromatic carbocycles. The zero-order valence-corrected chi connectivity index (χ0v) is 12.7. The van der Waals surface area contributed by atoms with Crippen LogP contribution >= 0.6 is 0 Å². The summed E-state index contributed by atoms with van der Waals surface area (Å²) < 4.78 is 5.34. The van der Waals surface area contributed by atoms with E-state index in [1.54, 1.807) is 17.9 Å². The van der Waals surface area contributed by atoms with Gasteiger partial charge in [-0.05, 0) is 32.5 Å². The van der Waals surface area contributed by atoms with Crippen LogP contribution < -0.4 is 5.73 Å². The van der Waals surface area contributed by atoms with Gasteiger partial charge >= 0.3 is 6.09 Å². The van der Waals surface area contributed by atoms with Crippen molar-refractivity contribution >= 4 is 6.09 Å². The molecule has 0 aromatic rings. The van der Waals surface area contributed by atoms with Gasteiger partial charge in [0.1, 0.15) is 6.61 Å². The lowest BCUT2D eigenvalue weighted by Crippen LogP contribution is -2.47. The number of carbonyl (C=O) groups is 1. The maximum Gasteiger partial charge on any atom is 0.410 e. The van der Waals surface area contributed by atoms with Crippen molar-refractivity contribution in [3.8, 4) is 0 Å². The Kier molecular flexibility index (Phi) is 6.31. The second-order valence-electron chi connectivity index (χ2n) is 5.30. The molecule has 0 unspecified atom stereocenters. The molecule has 20 heavy (non-hydrogen) atoms. The van der Waals surface area contributed by atoms with E-state index in [2.05, 4.69) is 11.5 Å². The Bertz CT molecular complexity index is 415. The summed E-state index contributed by atoms with van der Waals surface area (Å²) in [4.78, 5) is 15.9. The predicted molar refractivity (Wildman–Crippen MR) is 81.3 cm³/mol. The normalized spacial score (nSPS) is 18.1. The van der Waals surface area contributed by atoms with Crippen LogP contribution in [0.1, 0.15) is 13.8 Å². The molecule has 0 radical (unpaired) electrons. The first-order valence-electron chi connectivity index (χ1n) is 6.78. The van der Waals surface area contributed by atoms with E-state index in [-0.39, 0.29) is 12.7 Å². The molecule has 0 bridgehead atoms. The lowest BCUT2D eigenvalue weighted by molar-refractivity contribution is 0.0884. The van der Waals surface area contributed by atoms with Crippen LogP contribution in [0.25, 0.3) is 0 Å². The molecule has 0 saturated carbocycles. The van der Waals surface area contributed by atoms with Crippen molar-refractivity contribution in [1.29, 1.82) is 0 Å². The molecule has 0 atom stereocenters. The van der Waals surface area contributed by atoms with E-state index in [4.69, 9.17) is 10.5 Å². The number of nitrogens with zero attached hydrogens (tertiary/aromatic N) is 2. The second-order valence-corrected chi connectivity index (χ2v) is 5.30. The summed E-state index contributed by atoms with van der Waals surface area (Å²) in [6, 6.07) is 0. The molecular formula is C15H25N3O2.